The number of non-ortho nitro benzene ring substituents is 1. The van der Waals surface area contributed by atoms with Crippen molar-refractivity contribution in [3.8, 4) is 0 Å². The summed E-state index contributed by atoms with van der Waals surface area (Å²) in [6, 6.07) is 4.14. The van der Waals surface area contributed by atoms with Gasteiger partial charge in [-0.3, -0.25) is 24.7 Å². The molecule has 0 unspecified atom stereocenters. The Labute approximate surface area is 164 Å². The molecule has 1 aliphatic heterocycles. The van der Waals surface area contributed by atoms with E-state index in [1.54, 1.807) is 0 Å². The smallest absolute Gasteiger partial charge is 0.338 e. The molecular formula is C19H27N3O6. The van der Waals surface area contributed by atoms with Gasteiger partial charge in [0.2, 0.25) is 0 Å². The lowest BCUT2D eigenvalue weighted by Gasteiger charge is -2.34. The Kier molecular flexibility index (Phi) is 7.09. The number of nitro groups is 1. The fraction of sp³-hybridized carbons (Fsp3) is 0.579. The van der Waals surface area contributed by atoms with Gasteiger partial charge in [-0.2, -0.15) is 0 Å². The highest BCUT2D eigenvalue weighted by Gasteiger charge is 2.24. The lowest BCUT2D eigenvalue weighted by atomic mass is 10.1. The molecular weight excluding hydrogens is 366 g/mol. The summed E-state index contributed by atoms with van der Waals surface area (Å²) >= 11 is 0. The number of piperazine rings is 1. The number of carbonyl (C=O) groups is 2. The molecule has 0 N–H and O–H groups in total. The van der Waals surface area contributed by atoms with Crippen LogP contribution in [-0.4, -0.2) is 72.1 Å². The number of methoxy groups -OCH3 is 1. The lowest BCUT2D eigenvalue weighted by molar-refractivity contribution is -0.384. The summed E-state index contributed by atoms with van der Waals surface area (Å²) < 4.78 is 10.1. The summed E-state index contributed by atoms with van der Waals surface area (Å²) in [5.41, 5.74) is 0.308. The van der Waals surface area contributed by atoms with E-state index in [-0.39, 0.29) is 18.2 Å². The predicted molar refractivity (Wildman–Crippen MR) is 102 cm³/mol. The average Bonchev–Trinajstić information content (AvgIpc) is 2.61. The molecule has 0 aliphatic carbocycles. The van der Waals surface area contributed by atoms with E-state index in [0.717, 1.165) is 0 Å². The predicted octanol–water partition coefficient (Wildman–Crippen LogP) is 1.84. The Morgan fingerprint density at radius 1 is 1.14 bits per heavy atom. The van der Waals surface area contributed by atoms with Gasteiger partial charge in [0.25, 0.3) is 5.69 Å². The Bertz CT molecular complexity index is 736. The van der Waals surface area contributed by atoms with Crippen LogP contribution in [0.5, 0.6) is 0 Å². The van der Waals surface area contributed by atoms with Crippen molar-refractivity contribution < 1.29 is 24.0 Å². The second-order valence-electron chi connectivity index (χ2n) is 7.73. The van der Waals surface area contributed by atoms with Gasteiger partial charge in [0.1, 0.15) is 5.60 Å². The van der Waals surface area contributed by atoms with Crippen molar-refractivity contribution in [1.29, 1.82) is 0 Å². The molecule has 28 heavy (non-hydrogen) atoms. The minimum atomic E-state index is -0.520. The summed E-state index contributed by atoms with van der Waals surface area (Å²) in [4.78, 5) is 38.6. The molecule has 0 aromatic heterocycles. The number of hydrogen-bond acceptors (Lipinski definition) is 8. The number of nitro benzene ring substituents is 1. The molecule has 9 nitrogen and oxygen atoms in total. The molecule has 1 aromatic carbocycles. The summed E-state index contributed by atoms with van der Waals surface area (Å²) in [7, 11) is 1.28. The monoisotopic (exact) mass is 393 g/mol. The van der Waals surface area contributed by atoms with Crippen LogP contribution in [-0.2, 0) is 20.8 Å². The Hall–Kier alpha value is -2.52. The Balaban J connectivity index is 1.98. The van der Waals surface area contributed by atoms with E-state index in [1.165, 1.54) is 25.3 Å². The van der Waals surface area contributed by atoms with Gasteiger partial charge in [0, 0.05) is 44.9 Å². The number of rotatable bonds is 6. The number of benzene rings is 1. The normalized spacial score (nSPS) is 15.9. The first kappa shape index (κ1) is 21.8. The van der Waals surface area contributed by atoms with E-state index < -0.39 is 16.5 Å². The fourth-order valence-corrected chi connectivity index (χ4v) is 3.04. The maximum Gasteiger partial charge on any atom is 0.338 e. The zero-order valence-electron chi connectivity index (χ0n) is 16.8. The number of nitrogens with zero attached hydrogens (tertiary/aromatic N) is 3. The standard InChI is InChI=1S/C19H27N3O6/c1-19(2,3)28-17(23)13-21-9-7-20(8-10-21)12-14-11-15(22(25)26)5-6-16(14)18(24)27-4/h5-6,11H,7-10,12-13H2,1-4H3. The summed E-state index contributed by atoms with van der Waals surface area (Å²) in [6.07, 6.45) is 0. The molecule has 0 amide bonds. The topological polar surface area (TPSA) is 102 Å². The SMILES string of the molecule is COC(=O)c1ccc([N+](=O)[O-])cc1CN1CCN(CC(=O)OC(C)(C)C)CC1. The number of esters is 2. The van der Waals surface area contributed by atoms with Gasteiger partial charge in [0.15, 0.2) is 0 Å². The molecule has 0 saturated carbocycles. The highest BCUT2D eigenvalue weighted by Crippen LogP contribution is 2.21. The molecule has 0 spiro atoms. The van der Waals surface area contributed by atoms with E-state index >= 15 is 0 Å². The van der Waals surface area contributed by atoms with Crippen molar-refractivity contribution >= 4 is 17.6 Å². The number of ether oxygens (including phenoxy) is 2. The molecule has 1 saturated heterocycles. The van der Waals surface area contributed by atoms with Gasteiger partial charge >= 0.3 is 11.9 Å². The summed E-state index contributed by atoms with van der Waals surface area (Å²) in [5, 5.41) is 11.1. The molecule has 1 aromatic rings. The molecule has 1 aliphatic rings. The summed E-state index contributed by atoms with van der Waals surface area (Å²) in [6.45, 7) is 8.81. The van der Waals surface area contributed by atoms with Crippen molar-refractivity contribution in [2.24, 2.45) is 0 Å². The van der Waals surface area contributed by atoms with Gasteiger partial charge in [-0.05, 0) is 32.4 Å². The molecule has 0 atom stereocenters. The zero-order valence-corrected chi connectivity index (χ0v) is 16.8. The second-order valence-corrected chi connectivity index (χ2v) is 7.73. The van der Waals surface area contributed by atoms with E-state index in [2.05, 4.69) is 4.90 Å². The largest absolute Gasteiger partial charge is 0.465 e. The van der Waals surface area contributed by atoms with Gasteiger partial charge in [-0.25, -0.2) is 4.79 Å². The van der Waals surface area contributed by atoms with Crippen molar-refractivity contribution in [3.05, 3.63) is 39.4 Å². The van der Waals surface area contributed by atoms with Gasteiger partial charge in [-0.15, -0.1) is 0 Å². The van der Waals surface area contributed by atoms with E-state index in [1.807, 2.05) is 25.7 Å². The van der Waals surface area contributed by atoms with Crippen LogP contribution in [0.4, 0.5) is 5.69 Å². The Morgan fingerprint density at radius 2 is 1.75 bits per heavy atom. The molecule has 154 valence electrons. The van der Waals surface area contributed by atoms with Crippen LogP contribution in [0.25, 0.3) is 0 Å². The minimum absolute atomic E-state index is 0.0637. The molecule has 1 heterocycles. The maximum atomic E-state index is 12.0. The third kappa shape index (κ3) is 6.28. The molecule has 0 radical (unpaired) electrons. The van der Waals surface area contributed by atoms with Crippen LogP contribution < -0.4 is 0 Å². The van der Waals surface area contributed by atoms with Gasteiger partial charge < -0.3 is 9.47 Å². The van der Waals surface area contributed by atoms with Gasteiger partial charge in [-0.1, -0.05) is 0 Å². The molecule has 1 fully saturated rings. The first-order chi connectivity index (χ1) is 13.1. The lowest BCUT2D eigenvalue weighted by Crippen LogP contribution is -2.48. The first-order valence-corrected chi connectivity index (χ1v) is 9.11. The first-order valence-electron chi connectivity index (χ1n) is 9.11. The van der Waals surface area contributed by atoms with Crippen LogP contribution in [0.3, 0.4) is 0 Å². The second kappa shape index (κ2) is 9.11. The third-order valence-corrected chi connectivity index (χ3v) is 4.34. The van der Waals surface area contributed by atoms with Crippen LogP contribution in [0.1, 0.15) is 36.7 Å². The van der Waals surface area contributed by atoms with Crippen LogP contribution in [0.2, 0.25) is 0 Å². The van der Waals surface area contributed by atoms with E-state index in [0.29, 0.717) is 43.9 Å². The average molecular weight is 393 g/mol. The highest BCUT2D eigenvalue weighted by atomic mass is 16.6. The number of hydrogen-bond donors (Lipinski definition) is 0. The quantitative estimate of drug-likeness (QED) is 0.410. The molecule has 0 bridgehead atoms. The van der Waals surface area contributed by atoms with Crippen LogP contribution in [0, 0.1) is 10.1 Å². The number of carbonyl (C=O) groups excluding carboxylic acids is 2. The van der Waals surface area contributed by atoms with E-state index in [4.69, 9.17) is 9.47 Å². The van der Waals surface area contributed by atoms with Crippen molar-refractivity contribution in [2.45, 2.75) is 32.9 Å². The third-order valence-electron chi connectivity index (χ3n) is 4.34. The molecule has 9 heteroatoms. The molecule has 2 rings (SSSR count). The maximum absolute atomic E-state index is 12.0. The van der Waals surface area contributed by atoms with Crippen LogP contribution in [0.15, 0.2) is 18.2 Å². The van der Waals surface area contributed by atoms with Crippen molar-refractivity contribution in [3.63, 3.8) is 0 Å². The summed E-state index contributed by atoms with van der Waals surface area (Å²) in [5.74, 6) is -0.777. The van der Waals surface area contributed by atoms with Crippen molar-refractivity contribution in [1.82, 2.24) is 9.80 Å². The Morgan fingerprint density at radius 3 is 2.29 bits per heavy atom. The highest BCUT2D eigenvalue weighted by molar-refractivity contribution is 5.91. The van der Waals surface area contributed by atoms with Crippen LogP contribution >= 0.6 is 0 Å². The minimum Gasteiger partial charge on any atom is -0.465 e. The van der Waals surface area contributed by atoms with E-state index in [9.17, 15) is 19.7 Å². The zero-order chi connectivity index (χ0) is 20.9. The fourth-order valence-electron chi connectivity index (χ4n) is 3.04. The van der Waals surface area contributed by atoms with Gasteiger partial charge in [0.05, 0.1) is 24.1 Å². The van der Waals surface area contributed by atoms with Crippen molar-refractivity contribution in [2.75, 3.05) is 39.8 Å².